The molecule has 1 fully saturated rings. The molecule has 2 aromatic rings. The second-order valence-electron chi connectivity index (χ2n) is 7.59. The summed E-state index contributed by atoms with van der Waals surface area (Å²) in [6, 6.07) is 14.1. The fourth-order valence-electron chi connectivity index (χ4n) is 3.27. The van der Waals surface area contributed by atoms with Crippen LogP contribution in [-0.4, -0.2) is 29.3 Å². The molecule has 2 N–H and O–H groups in total. The Morgan fingerprint density at radius 2 is 1.79 bits per heavy atom. The minimum Gasteiger partial charge on any atom is -0.350 e. The van der Waals surface area contributed by atoms with Crippen LogP contribution in [0.3, 0.4) is 0 Å². The Bertz CT molecular complexity index is 943. The summed E-state index contributed by atoms with van der Waals surface area (Å²) in [6.07, 6.45) is 0. The third kappa shape index (κ3) is 4.27. The molecule has 2 aromatic carbocycles. The van der Waals surface area contributed by atoms with Gasteiger partial charge in [0.15, 0.2) is 0 Å². The maximum atomic E-state index is 13.0. The van der Waals surface area contributed by atoms with E-state index in [0.717, 1.165) is 16.0 Å². The Morgan fingerprint density at radius 3 is 2.41 bits per heavy atom. The number of halogens is 1. The Balaban J connectivity index is 1.68. The smallest absolute Gasteiger partial charge is 0.325 e. The molecule has 0 unspecified atom stereocenters. The van der Waals surface area contributed by atoms with Crippen LogP contribution >= 0.6 is 11.6 Å². The lowest BCUT2D eigenvalue weighted by atomic mass is 9.90. The SMILES string of the molecule is CC(C)c1ccc([C@@]2(C)NC(=O)N(CC(=O)NCc3ccccc3Cl)C2=O)cc1. The van der Waals surface area contributed by atoms with E-state index in [9.17, 15) is 14.4 Å². The van der Waals surface area contributed by atoms with E-state index in [4.69, 9.17) is 11.6 Å². The van der Waals surface area contributed by atoms with Crippen molar-refractivity contribution in [2.24, 2.45) is 0 Å². The normalized spacial score (nSPS) is 18.9. The van der Waals surface area contributed by atoms with E-state index in [1.807, 2.05) is 30.3 Å². The zero-order valence-corrected chi connectivity index (χ0v) is 17.4. The van der Waals surface area contributed by atoms with Gasteiger partial charge in [0.05, 0.1) is 0 Å². The molecule has 0 aliphatic carbocycles. The lowest BCUT2D eigenvalue weighted by Gasteiger charge is -2.22. The molecule has 1 saturated heterocycles. The summed E-state index contributed by atoms with van der Waals surface area (Å²) in [6.45, 7) is 5.69. The van der Waals surface area contributed by atoms with Crippen molar-refractivity contribution in [1.29, 1.82) is 0 Å². The largest absolute Gasteiger partial charge is 0.350 e. The van der Waals surface area contributed by atoms with Gasteiger partial charge in [-0.25, -0.2) is 4.79 Å². The Labute approximate surface area is 175 Å². The van der Waals surface area contributed by atoms with Crippen molar-refractivity contribution in [1.82, 2.24) is 15.5 Å². The van der Waals surface area contributed by atoms with Crippen molar-refractivity contribution in [3.63, 3.8) is 0 Å². The van der Waals surface area contributed by atoms with Crippen LogP contribution in [0.15, 0.2) is 48.5 Å². The monoisotopic (exact) mass is 413 g/mol. The third-order valence-electron chi connectivity index (χ3n) is 5.17. The van der Waals surface area contributed by atoms with Gasteiger partial charge in [0.25, 0.3) is 5.91 Å². The highest BCUT2D eigenvalue weighted by Crippen LogP contribution is 2.29. The van der Waals surface area contributed by atoms with E-state index in [1.165, 1.54) is 0 Å². The zero-order chi connectivity index (χ0) is 21.2. The van der Waals surface area contributed by atoms with Gasteiger partial charge in [0.1, 0.15) is 12.1 Å². The molecule has 1 atom stereocenters. The van der Waals surface area contributed by atoms with E-state index in [2.05, 4.69) is 24.5 Å². The maximum absolute atomic E-state index is 13.0. The van der Waals surface area contributed by atoms with Gasteiger partial charge in [-0.15, -0.1) is 0 Å². The molecule has 1 aliphatic heterocycles. The molecule has 6 nitrogen and oxygen atoms in total. The minimum absolute atomic E-state index is 0.218. The van der Waals surface area contributed by atoms with Crippen LogP contribution in [0, 0.1) is 0 Å². The Kier molecular flexibility index (Phi) is 5.94. The number of carbonyl (C=O) groups is 3. The van der Waals surface area contributed by atoms with Crippen LogP contribution in [0.2, 0.25) is 5.02 Å². The zero-order valence-electron chi connectivity index (χ0n) is 16.7. The summed E-state index contributed by atoms with van der Waals surface area (Å²) in [7, 11) is 0. The summed E-state index contributed by atoms with van der Waals surface area (Å²) in [5, 5.41) is 5.96. The fourth-order valence-corrected chi connectivity index (χ4v) is 3.48. The summed E-state index contributed by atoms with van der Waals surface area (Å²) < 4.78 is 0. The highest BCUT2D eigenvalue weighted by Gasteiger charge is 2.49. The Hall–Kier alpha value is -2.86. The number of hydrogen-bond acceptors (Lipinski definition) is 3. The maximum Gasteiger partial charge on any atom is 0.325 e. The van der Waals surface area contributed by atoms with Gasteiger partial charge in [0, 0.05) is 11.6 Å². The van der Waals surface area contributed by atoms with Crippen LogP contribution in [0.1, 0.15) is 43.4 Å². The van der Waals surface area contributed by atoms with Gasteiger partial charge >= 0.3 is 6.03 Å². The van der Waals surface area contributed by atoms with Gasteiger partial charge in [0.2, 0.25) is 5.91 Å². The quantitative estimate of drug-likeness (QED) is 0.711. The first-order valence-corrected chi connectivity index (χ1v) is 9.85. The molecule has 1 aliphatic rings. The van der Waals surface area contributed by atoms with E-state index < -0.39 is 23.4 Å². The summed E-state index contributed by atoms with van der Waals surface area (Å²) >= 11 is 6.08. The number of urea groups is 1. The van der Waals surface area contributed by atoms with Crippen LogP contribution in [0.25, 0.3) is 0 Å². The number of imide groups is 1. The van der Waals surface area contributed by atoms with Crippen LogP contribution < -0.4 is 10.6 Å². The van der Waals surface area contributed by atoms with Crippen molar-refractivity contribution < 1.29 is 14.4 Å². The van der Waals surface area contributed by atoms with Crippen LogP contribution in [-0.2, 0) is 21.7 Å². The second kappa shape index (κ2) is 8.25. The van der Waals surface area contributed by atoms with E-state index in [1.54, 1.807) is 25.1 Å². The number of nitrogens with zero attached hydrogens (tertiary/aromatic N) is 1. The lowest BCUT2D eigenvalue weighted by Crippen LogP contribution is -2.43. The van der Waals surface area contributed by atoms with Gasteiger partial charge in [-0.1, -0.05) is 67.9 Å². The molecule has 0 spiro atoms. The summed E-state index contributed by atoms with van der Waals surface area (Å²) in [5.41, 5.74) is 1.38. The number of hydrogen-bond donors (Lipinski definition) is 2. The summed E-state index contributed by atoms with van der Waals surface area (Å²) in [5.74, 6) is -0.524. The average Bonchev–Trinajstić information content (AvgIpc) is 2.91. The number of carbonyl (C=O) groups excluding carboxylic acids is 3. The van der Waals surface area contributed by atoms with Crippen molar-refractivity contribution in [3.8, 4) is 0 Å². The van der Waals surface area contributed by atoms with Crippen LogP contribution in [0.5, 0.6) is 0 Å². The number of nitrogens with one attached hydrogen (secondary N) is 2. The molecular formula is C22H24ClN3O3. The van der Waals surface area contributed by atoms with E-state index >= 15 is 0 Å². The number of amides is 4. The van der Waals surface area contributed by atoms with E-state index in [0.29, 0.717) is 16.5 Å². The van der Waals surface area contributed by atoms with Gasteiger partial charge in [-0.05, 0) is 35.6 Å². The molecule has 29 heavy (non-hydrogen) atoms. The molecule has 152 valence electrons. The van der Waals surface area contributed by atoms with Crippen molar-refractivity contribution >= 4 is 29.4 Å². The molecule has 7 heteroatoms. The molecule has 4 amide bonds. The first-order chi connectivity index (χ1) is 13.7. The van der Waals surface area contributed by atoms with E-state index in [-0.39, 0.29) is 13.1 Å². The molecule has 3 rings (SSSR count). The number of rotatable bonds is 6. The predicted octanol–water partition coefficient (Wildman–Crippen LogP) is 3.55. The third-order valence-corrected chi connectivity index (χ3v) is 5.53. The topological polar surface area (TPSA) is 78.5 Å². The minimum atomic E-state index is -1.20. The predicted molar refractivity (Wildman–Crippen MR) is 111 cm³/mol. The first kappa shape index (κ1) is 20.9. The molecule has 0 aromatic heterocycles. The van der Waals surface area contributed by atoms with Gasteiger partial charge in [-0.3, -0.25) is 14.5 Å². The summed E-state index contributed by atoms with van der Waals surface area (Å²) in [4.78, 5) is 38.6. The molecule has 0 saturated carbocycles. The highest BCUT2D eigenvalue weighted by atomic mass is 35.5. The van der Waals surface area contributed by atoms with Gasteiger partial charge < -0.3 is 10.6 Å². The second-order valence-corrected chi connectivity index (χ2v) is 8.00. The molecular weight excluding hydrogens is 390 g/mol. The van der Waals surface area contributed by atoms with Crippen molar-refractivity contribution in [3.05, 3.63) is 70.2 Å². The first-order valence-electron chi connectivity index (χ1n) is 9.47. The number of benzene rings is 2. The Morgan fingerprint density at radius 1 is 1.14 bits per heavy atom. The molecule has 1 heterocycles. The lowest BCUT2D eigenvalue weighted by molar-refractivity contribution is -0.134. The molecule has 0 radical (unpaired) electrons. The average molecular weight is 414 g/mol. The van der Waals surface area contributed by atoms with Crippen molar-refractivity contribution in [2.75, 3.05) is 6.54 Å². The standard InChI is InChI=1S/C22H24ClN3O3/c1-14(2)15-8-10-17(11-9-15)22(3)20(28)26(21(29)25-22)13-19(27)24-12-16-6-4-5-7-18(16)23/h4-11,14H,12-13H2,1-3H3,(H,24,27)(H,25,29)/t22-/m1/s1. The fraction of sp³-hybridized carbons (Fsp3) is 0.318. The van der Waals surface area contributed by atoms with Gasteiger partial charge in [-0.2, -0.15) is 0 Å². The van der Waals surface area contributed by atoms with Crippen LogP contribution in [0.4, 0.5) is 4.79 Å². The van der Waals surface area contributed by atoms with Crippen molar-refractivity contribution in [2.45, 2.75) is 38.8 Å². The highest BCUT2D eigenvalue weighted by molar-refractivity contribution is 6.31. The molecule has 0 bridgehead atoms.